The summed E-state index contributed by atoms with van der Waals surface area (Å²) in [5.74, 6) is 0. The smallest absolute Gasteiger partial charge is 0.0951 e. The van der Waals surface area contributed by atoms with Gasteiger partial charge in [0.15, 0.2) is 0 Å². The fourth-order valence-corrected chi connectivity index (χ4v) is 3.72. The molecule has 4 heteroatoms. The van der Waals surface area contributed by atoms with E-state index in [0.29, 0.717) is 12.1 Å². The van der Waals surface area contributed by atoms with Crippen molar-refractivity contribution in [2.45, 2.75) is 63.6 Å². The highest BCUT2D eigenvalue weighted by atomic mass is 16.5. The number of aromatic nitrogens is 2. The maximum atomic E-state index is 5.52. The normalized spacial score (nSPS) is 25.9. The zero-order valence-corrected chi connectivity index (χ0v) is 12.6. The molecule has 3 rings (SSSR count). The van der Waals surface area contributed by atoms with Gasteiger partial charge in [0.1, 0.15) is 0 Å². The van der Waals surface area contributed by atoms with Crippen LogP contribution < -0.4 is 0 Å². The van der Waals surface area contributed by atoms with Gasteiger partial charge < -0.3 is 9.30 Å². The van der Waals surface area contributed by atoms with Crippen LogP contribution in [0.3, 0.4) is 0 Å². The third kappa shape index (κ3) is 3.23. The molecule has 2 aliphatic rings. The van der Waals surface area contributed by atoms with Crippen molar-refractivity contribution in [1.29, 1.82) is 0 Å². The Bertz CT molecular complexity index is 412. The maximum absolute atomic E-state index is 5.52. The fourth-order valence-electron chi connectivity index (χ4n) is 3.72. The van der Waals surface area contributed by atoms with Gasteiger partial charge in [-0.2, -0.15) is 0 Å². The molecule has 2 heterocycles. The molecule has 0 spiro atoms. The molecule has 1 aliphatic heterocycles. The van der Waals surface area contributed by atoms with Gasteiger partial charge in [0.05, 0.1) is 18.1 Å². The molecule has 0 bridgehead atoms. The lowest BCUT2D eigenvalue weighted by Gasteiger charge is -2.33. The molecule has 1 saturated heterocycles. The average Bonchev–Trinajstić information content (AvgIpc) is 2.96. The maximum Gasteiger partial charge on any atom is 0.0951 e. The van der Waals surface area contributed by atoms with Crippen LogP contribution in [-0.4, -0.2) is 40.8 Å². The van der Waals surface area contributed by atoms with Gasteiger partial charge in [0.2, 0.25) is 0 Å². The van der Waals surface area contributed by atoms with Crippen molar-refractivity contribution in [2.24, 2.45) is 0 Å². The third-order valence-corrected chi connectivity index (χ3v) is 4.90. The molecular weight excluding hydrogens is 250 g/mol. The van der Waals surface area contributed by atoms with Crippen molar-refractivity contribution in [3.05, 3.63) is 18.2 Å². The fraction of sp³-hybridized carbons (Fsp3) is 0.812. The Morgan fingerprint density at radius 2 is 2.05 bits per heavy atom. The molecule has 0 N–H and O–H groups in total. The summed E-state index contributed by atoms with van der Waals surface area (Å²) in [7, 11) is 1.83. The van der Waals surface area contributed by atoms with Crippen LogP contribution in [0.15, 0.2) is 12.5 Å². The van der Waals surface area contributed by atoms with E-state index in [-0.39, 0.29) is 0 Å². The lowest BCUT2D eigenvalue weighted by atomic mass is 9.95. The molecule has 1 aliphatic carbocycles. The van der Waals surface area contributed by atoms with Crippen LogP contribution in [0.1, 0.15) is 56.7 Å². The largest absolute Gasteiger partial charge is 0.380 e. The van der Waals surface area contributed by atoms with Crippen LogP contribution in [0.4, 0.5) is 0 Å². The van der Waals surface area contributed by atoms with Crippen molar-refractivity contribution in [1.82, 2.24) is 14.5 Å². The first-order valence-corrected chi connectivity index (χ1v) is 8.12. The molecule has 0 aromatic carbocycles. The minimum Gasteiger partial charge on any atom is -0.380 e. The second kappa shape index (κ2) is 6.72. The number of piperidine rings is 1. The molecule has 1 aromatic heterocycles. The first kappa shape index (κ1) is 14.1. The summed E-state index contributed by atoms with van der Waals surface area (Å²) in [6.07, 6.45) is 13.8. The van der Waals surface area contributed by atoms with Crippen molar-refractivity contribution < 1.29 is 4.74 Å². The molecule has 1 aromatic rings. The van der Waals surface area contributed by atoms with Crippen LogP contribution >= 0.6 is 0 Å². The Morgan fingerprint density at radius 1 is 1.20 bits per heavy atom. The monoisotopic (exact) mass is 277 g/mol. The molecule has 112 valence electrons. The van der Waals surface area contributed by atoms with Crippen LogP contribution in [-0.2, 0) is 11.3 Å². The Kier molecular flexibility index (Phi) is 4.73. The summed E-state index contributed by atoms with van der Waals surface area (Å²) in [6, 6.07) is 0.685. The first-order chi connectivity index (χ1) is 9.86. The number of hydrogen-bond donors (Lipinski definition) is 0. The van der Waals surface area contributed by atoms with Gasteiger partial charge >= 0.3 is 0 Å². The summed E-state index contributed by atoms with van der Waals surface area (Å²) >= 11 is 0. The topological polar surface area (TPSA) is 30.3 Å². The third-order valence-electron chi connectivity index (χ3n) is 4.90. The van der Waals surface area contributed by atoms with E-state index in [1.807, 2.05) is 13.4 Å². The second-order valence-corrected chi connectivity index (χ2v) is 6.32. The quantitative estimate of drug-likeness (QED) is 0.847. The van der Waals surface area contributed by atoms with Crippen LogP contribution in [0.25, 0.3) is 0 Å². The molecule has 0 unspecified atom stereocenters. The highest BCUT2D eigenvalue weighted by Crippen LogP contribution is 2.29. The van der Waals surface area contributed by atoms with Crippen LogP contribution in [0.2, 0.25) is 0 Å². The molecule has 4 nitrogen and oxygen atoms in total. The highest BCUT2D eigenvalue weighted by Gasteiger charge is 2.22. The van der Waals surface area contributed by atoms with Crippen molar-refractivity contribution in [3.63, 3.8) is 0 Å². The van der Waals surface area contributed by atoms with Gasteiger partial charge in [-0.15, -0.1) is 0 Å². The van der Waals surface area contributed by atoms with E-state index in [4.69, 9.17) is 4.74 Å². The van der Waals surface area contributed by atoms with E-state index < -0.39 is 0 Å². The van der Waals surface area contributed by atoms with Gasteiger partial charge in [-0.25, -0.2) is 4.98 Å². The molecular formula is C16H27N3O. The van der Waals surface area contributed by atoms with Crippen molar-refractivity contribution in [3.8, 4) is 0 Å². The van der Waals surface area contributed by atoms with E-state index >= 15 is 0 Å². The predicted molar refractivity (Wildman–Crippen MR) is 79.7 cm³/mol. The zero-order chi connectivity index (χ0) is 13.8. The van der Waals surface area contributed by atoms with Gasteiger partial charge in [0.25, 0.3) is 0 Å². The number of ether oxygens (including phenoxy) is 1. The lowest BCUT2D eigenvalue weighted by molar-refractivity contribution is 0.0275. The van der Waals surface area contributed by atoms with E-state index in [1.165, 1.54) is 57.2 Å². The number of imidazole rings is 1. The number of nitrogens with zero attached hydrogens (tertiary/aromatic N) is 3. The number of rotatable bonds is 4. The SMILES string of the molecule is CO[C@@H]1CCCN(Cc2cncn2C2CCCCC2)C1. The highest BCUT2D eigenvalue weighted by molar-refractivity contribution is 5.01. The minimum absolute atomic E-state index is 0.412. The van der Waals surface area contributed by atoms with Gasteiger partial charge in [-0.3, -0.25) is 4.90 Å². The van der Waals surface area contributed by atoms with E-state index in [9.17, 15) is 0 Å². The first-order valence-electron chi connectivity index (χ1n) is 8.12. The lowest BCUT2D eigenvalue weighted by Crippen LogP contribution is -2.39. The predicted octanol–water partition coefficient (Wildman–Crippen LogP) is 3.00. The number of likely N-dealkylation sites (tertiary alicyclic amines) is 1. The van der Waals surface area contributed by atoms with Crippen molar-refractivity contribution in [2.75, 3.05) is 20.2 Å². The van der Waals surface area contributed by atoms with E-state index in [2.05, 4.69) is 20.6 Å². The average molecular weight is 277 g/mol. The molecule has 2 fully saturated rings. The summed E-state index contributed by atoms with van der Waals surface area (Å²) in [4.78, 5) is 6.93. The Labute approximate surface area is 122 Å². The molecule has 0 amide bonds. The molecule has 0 radical (unpaired) electrons. The number of hydrogen-bond acceptors (Lipinski definition) is 3. The second-order valence-electron chi connectivity index (χ2n) is 6.32. The summed E-state index contributed by atoms with van der Waals surface area (Å²) in [5.41, 5.74) is 1.38. The minimum atomic E-state index is 0.412. The standard InChI is InChI=1S/C16H27N3O/c1-20-16-8-5-9-18(12-16)11-15-10-17-13-19(15)14-6-3-2-4-7-14/h10,13-14,16H,2-9,11-12H2,1H3/t16-/m1/s1. The summed E-state index contributed by atoms with van der Waals surface area (Å²) < 4.78 is 7.96. The van der Waals surface area contributed by atoms with Crippen LogP contribution in [0.5, 0.6) is 0 Å². The van der Waals surface area contributed by atoms with Gasteiger partial charge in [-0.05, 0) is 32.2 Å². The van der Waals surface area contributed by atoms with Crippen LogP contribution in [0, 0.1) is 0 Å². The van der Waals surface area contributed by atoms with Crippen molar-refractivity contribution >= 4 is 0 Å². The Balaban J connectivity index is 1.63. The Hall–Kier alpha value is -0.870. The van der Waals surface area contributed by atoms with E-state index in [1.54, 1.807) is 0 Å². The van der Waals surface area contributed by atoms with Gasteiger partial charge in [0, 0.05) is 32.4 Å². The zero-order valence-electron chi connectivity index (χ0n) is 12.6. The summed E-state index contributed by atoms with van der Waals surface area (Å²) in [6.45, 7) is 3.28. The van der Waals surface area contributed by atoms with E-state index in [0.717, 1.165) is 13.1 Å². The van der Waals surface area contributed by atoms with Gasteiger partial charge in [-0.1, -0.05) is 19.3 Å². The molecule has 1 saturated carbocycles. The molecule has 20 heavy (non-hydrogen) atoms. The summed E-state index contributed by atoms with van der Waals surface area (Å²) in [5, 5.41) is 0. The Morgan fingerprint density at radius 3 is 2.85 bits per heavy atom. The number of methoxy groups -OCH3 is 1. The molecule has 1 atom stereocenters.